The second kappa shape index (κ2) is 9.29. The number of hydrogen-bond acceptors (Lipinski definition) is 3. The summed E-state index contributed by atoms with van der Waals surface area (Å²) in [6.45, 7) is 7.31. The molecule has 0 saturated heterocycles. The number of ether oxygens (including phenoxy) is 2. The molecular formula is C30H33NO2. The van der Waals surface area contributed by atoms with E-state index in [1.165, 1.54) is 27.5 Å². The fourth-order valence-corrected chi connectivity index (χ4v) is 4.40. The third kappa shape index (κ3) is 4.60. The van der Waals surface area contributed by atoms with E-state index in [1.54, 1.807) is 14.2 Å². The summed E-state index contributed by atoms with van der Waals surface area (Å²) >= 11 is 0. The minimum Gasteiger partial charge on any atom is -0.493 e. The van der Waals surface area contributed by atoms with Crippen molar-refractivity contribution >= 4 is 10.8 Å². The van der Waals surface area contributed by atoms with Gasteiger partial charge < -0.3 is 15.2 Å². The first-order chi connectivity index (χ1) is 15.9. The molecule has 0 radical (unpaired) electrons. The molecule has 0 amide bonds. The predicted molar refractivity (Wildman–Crippen MR) is 139 cm³/mol. The lowest BCUT2D eigenvalue weighted by Crippen LogP contribution is -2.10. The Labute approximate surface area is 197 Å². The van der Waals surface area contributed by atoms with Gasteiger partial charge in [0.05, 0.1) is 14.2 Å². The van der Waals surface area contributed by atoms with Gasteiger partial charge in [-0.15, -0.1) is 0 Å². The quantitative estimate of drug-likeness (QED) is 0.352. The van der Waals surface area contributed by atoms with Crippen molar-refractivity contribution in [2.75, 3.05) is 20.8 Å². The minimum atomic E-state index is 0.146. The highest BCUT2D eigenvalue weighted by Gasteiger charge is 2.15. The Kier molecular flexibility index (Phi) is 6.44. The molecule has 0 fully saturated rings. The molecule has 0 saturated carbocycles. The van der Waals surface area contributed by atoms with Gasteiger partial charge in [0.15, 0.2) is 11.5 Å². The van der Waals surface area contributed by atoms with Gasteiger partial charge in [0.1, 0.15) is 0 Å². The normalized spacial score (nSPS) is 11.6. The van der Waals surface area contributed by atoms with Gasteiger partial charge in [0.2, 0.25) is 0 Å². The van der Waals surface area contributed by atoms with E-state index in [9.17, 15) is 0 Å². The molecule has 170 valence electrons. The first-order valence-corrected chi connectivity index (χ1v) is 11.4. The summed E-state index contributed by atoms with van der Waals surface area (Å²) < 4.78 is 11.1. The third-order valence-electron chi connectivity index (χ3n) is 6.28. The van der Waals surface area contributed by atoms with Gasteiger partial charge in [-0.05, 0) is 80.7 Å². The molecular weight excluding hydrogens is 406 g/mol. The Morgan fingerprint density at radius 3 is 2.03 bits per heavy atom. The van der Waals surface area contributed by atoms with Crippen LogP contribution in [-0.4, -0.2) is 20.8 Å². The summed E-state index contributed by atoms with van der Waals surface area (Å²) in [6, 6.07) is 26.2. The molecule has 0 unspecified atom stereocenters. The zero-order valence-corrected chi connectivity index (χ0v) is 20.2. The van der Waals surface area contributed by atoms with Crippen LogP contribution >= 0.6 is 0 Å². The van der Waals surface area contributed by atoms with Crippen molar-refractivity contribution in [1.29, 1.82) is 0 Å². The lowest BCUT2D eigenvalue weighted by Gasteiger charge is -2.19. The van der Waals surface area contributed by atoms with E-state index in [0.717, 1.165) is 34.6 Å². The monoisotopic (exact) mass is 439 g/mol. The molecule has 0 aliphatic heterocycles. The van der Waals surface area contributed by atoms with Crippen molar-refractivity contribution in [3.63, 3.8) is 0 Å². The summed E-state index contributed by atoms with van der Waals surface area (Å²) in [7, 11) is 3.33. The number of benzene rings is 4. The van der Waals surface area contributed by atoms with Gasteiger partial charge in [0.25, 0.3) is 0 Å². The Morgan fingerprint density at radius 1 is 0.727 bits per heavy atom. The number of rotatable bonds is 6. The Bertz CT molecular complexity index is 1270. The predicted octanol–water partition coefficient (Wildman–Crippen LogP) is 6.99. The van der Waals surface area contributed by atoms with Crippen LogP contribution in [0.2, 0.25) is 0 Å². The minimum absolute atomic E-state index is 0.146. The SMILES string of the molecule is COc1cc(CCN)c(-c2ccc3c(-c4ccc(C(C)(C)C)cc4)cccc3c2)cc1OC. The van der Waals surface area contributed by atoms with Crippen LogP contribution in [0, 0.1) is 0 Å². The first-order valence-electron chi connectivity index (χ1n) is 11.4. The molecule has 2 N–H and O–H groups in total. The van der Waals surface area contributed by atoms with Crippen molar-refractivity contribution < 1.29 is 9.47 Å². The van der Waals surface area contributed by atoms with Crippen molar-refractivity contribution in [1.82, 2.24) is 0 Å². The molecule has 3 heteroatoms. The van der Waals surface area contributed by atoms with Crippen LogP contribution in [0.1, 0.15) is 31.9 Å². The first kappa shape index (κ1) is 22.9. The molecule has 0 spiro atoms. The highest BCUT2D eigenvalue weighted by atomic mass is 16.5. The molecule has 4 rings (SSSR count). The maximum atomic E-state index is 5.91. The van der Waals surface area contributed by atoms with E-state index in [-0.39, 0.29) is 5.41 Å². The average Bonchev–Trinajstić information content (AvgIpc) is 2.82. The number of fused-ring (bicyclic) bond motifs is 1. The summed E-state index contributed by atoms with van der Waals surface area (Å²) in [5.41, 5.74) is 13.3. The lowest BCUT2D eigenvalue weighted by atomic mass is 9.86. The van der Waals surface area contributed by atoms with Crippen LogP contribution in [0.3, 0.4) is 0 Å². The second-order valence-corrected chi connectivity index (χ2v) is 9.47. The lowest BCUT2D eigenvalue weighted by molar-refractivity contribution is 0.354. The van der Waals surface area contributed by atoms with E-state index in [4.69, 9.17) is 15.2 Å². The summed E-state index contributed by atoms with van der Waals surface area (Å²) in [4.78, 5) is 0. The Morgan fingerprint density at radius 2 is 1.39 bits per heavy atom. The van der Waals surface area contributed by atoms with Crippen LogP contribution in [0.5, 0.6) is 11.5 Å². The number of nitrogens with two attached hydrogens (primary N) is 1. The zero-order valence-electron chi connectivity index (χ0n) is 20.2. The van der Waals surface area contributed by atoms with Crippen molar-refractivity contribution in [3.05, 3.63) is 83.9 Å². The molecule has 0 atom stereocenters. The fourth-order valence-electron chi connectivity index (χ4n) is 4.40. The van der Waals surface area contributed by atoms with Crippen LogP contribution in [-0.2, 0) is 11.8 Å². The van der Waals surface area contributed by atoms with E-state index < -0.39 is 0 Å². The van der Waals surface area contributed by atoms with Gasteiger partial charge in [-0.2, -0.15) is 0 Å². The maximum absolute atomic E-state index is 5.91. The van der Waals surface area contributed by atoms with Gasteiger partial charge >= 0.3 is 0 Å². The Hall–Kier alpha value is -3.30. The second-order valence-electron chi connectivity index (χ2n) is 9.47. The van der Waals surface area contributed by atoms with Gasteiger partial charge in [-0.25, -0.2) is 0 Å². The van der Waals surface area contributed by atoms with Gasteiger partial charge in [-0.3, -0.25) is 0 Å². The van der Waals surface area contributed by atoms with Gasteiger partial charge in [0, 0.05) is 0 Å². The Balaban J connectivity index is 1.81. The molecule has 0 aromatic heterocycles. The highest BCUT2D eigenvalue weighted by molar-refractivity contribution is 5.99. The van der Waals surface area contributed by atoms with Crippen molar-refractivity contribution in [2.24, 2.45) is 5.73 Å². The molecule has 3 nitrogen and oxygen atoms in total. The number of methoxy groups -OCH3 is 2. The maximum Gasteiger partial charge on any atom is 0.161 e. The molecule has 0 heterocycles. The van der Waals surface area contributed by atoms with E-state index in [1.807, 2.05) is 6.07 Å². The summed E-state index contributed by atoms with van der Waals surface area (Å²) in [5.74, 6) is 1.45. The van der Waals surface area contributed by atoms with Crippen molar-refractivity contribution in [3.8, 4) is 33.8 Å². The largest absolute Gasteiger partial charge is 0.493 e. The molecule has 33 heavy (non-hydrogen) atoms. The smallest absolute Gasteiger partial charge is 0.161 e. The van der Waals surface area contributed by atoms with Crippen molar-refractivity contribution in [2.45, 2.75) is 32.6 Å². The average molecular weight is 440 g/mol. The highest BCUT2D eigenvalue weighted by Crippen LogP contribution is 2.38. The summed E-state index contributed by atoms with van der Waals surface area (Å²) in [5, 5.41) is 2.45. The molecule has 0 bridgehead atoms. The zero-order chi connectivity index (χ0) is 23.6. The molecule has 4 aromatic rings. The van der Waals surface area contributed by atoms with E-state index in [0.29, 0.717) is 6.54 Å². The number of hydrogen-bond donors (Lipinski definition) is 1. The molecule has 4 aromatic carbocycles. The van der Waals surface area contributed by atoms with Crippen LogP contribution in [0.25, 0.3) is 33.0 Å². The van der Waals surface area contributed by atoms with Crippen LogP contribution in [0.4, 0.5) is 0 Å². The molecule has 0 aliphatic carbocycles. The van der Waals surface area contributed by atoms with E-state index >= 15 is 0 Å². The molecule has 0 aliphatic rings. The van der Waals surface area contributed by atoms with E-state index in [2.05, 4.69) is 87.5 Å². The summed E-state index contributed by atoms with van der Waals surface area (Å²) in [6.07, 6.45) is 0.772. The third-order valence-corrected chi connectivity index (χ3v) is 6.28. The van der Waals surface area contributed by atoms with Crippen LogP contribution in [0.15, 0.2) is 72.8 Å². The standard InChI is InChI=1S/C30H33NO2/c1-30(2,3)24-12-9-20(10-13-24)25-8-6-7-21-17-22(11-14-26(21)25)27-19-29(33-5)28(32-4)18-23(27)15-16-31/h6-14,17-19H,15-16,31H2,1-5H3. The fraction of sp³-hybridized carbons (Fsp3) is 0.267. The van der Waals surface area contributed by atoms with Gasteiger partial charge in [-0.1, -0.05) is 75.4 Å². The topological polar surface area (TPSA) is 44.5 Å². The van der Waals surface area contributed by atoms with Crippen LogP contribution < -0.4 is 15.2 Å².